The minimum absolute atomic E-state index is 0.174. The summed E-state index contributed by atoms with van der Waals surface area (Å²) in [5.74, 6) is 0.174. The Bertz CT molecular complexity index is 930. The fourth-order valence-electron chi connectivity index (χ4n) is 2.28. The largest absolute Gasteiger partial charge is 0.419 e. The van der Waals surface area contributed by atoms with Crippen LogP contribution in [0.3, 0.4) is 0 Å². The van der Waals surface area contributed by atoms with Crippen LogP contribution < -0.4 is 15.2 Å². The Balaban J connectivity index is 2.19. The first-order valence-electron chi connectivity index (χ1n) is 8.31. The number of rotatable bonds is 6. The molecule has 0 saturated heterocycles. The molecule has 0 N–H and O–H groups in total. The molecule has 0 aliphatic carbocycles. The van der Waals surface area contributed by atoms with Crippen LogP contribution in [-0.2, 0) is 6.54 Å². The number of nitrogens with zero attached hydrogens (tertiary/aromatic N) is 2. The summed E-state index contributed by atoms with van der Waals surface area (Å²) >= 11 is 3.25. The van der Waals surface area contributed by atoms with Crippen molar-refractivity contribution in [2.75, 3.05) is 11.9 Å². The van der Waals surface area contributed by atoms with Crippen LogP contribution in [-0.4, -0.2) is 17.7 Å². The number of hydrogen-bond acceptors (Lipinski definition) is 3. The van der Waals surface area contributed by atoms with Gasteiger partial charge in [-0.1, -0.05) is 49.1 Å². The smallest absolute Gasteiger partial charge is 0.408 e. The summed E-state index contributed by atoms with van der Waals surface area (Å²) in [5.41, 5.74) is 1.37. The minimum atomic E-state index is -0.581. The Kier molecular flexibility index (Phi) is 7.37. The van der Waals surface area contributed by atoms with Gasteiger partial charge >= 0.3 is 6.09 Å². The predicted octanol–water partition coefficient (Wildman–Crippen LogP) is 4.93. The molecular weight excluding hydrogens is 408 g/mol. The topological polar surface area (TPSA) is 51.5 Å². The van der Waals surface area contributed by atoms with Crippen molar-refractivity contribution in [1.29, 1.82) is 0 Å². The first kappa shape index (κ1) is 20.5. The standard InChI is InChI=1S/C21H21BrN2O3/c1-4-6-10-16(5-2)15-24-14-13-18(19(22)20(24)25)27-21(26)23(3)17-11-8-7-9-12-17/h4-14H,1,15H2,2-3H3/b10-6-,16-5+. The molecule has 0 spiro atoms. The number of aromatic nitrogens is 1. The van der Waals surface area contributed by atoms with Gasteiger partial charge in [0.15, 0.2) is 5.75 Å². The third-order valence-electron chi connectivity index (χ3n) is 3.86. The maximum atomic E-state index is 12.6. The number of hydrogen-bond donors (Lipinski definition) is 0. The molecule has 0 saturated carbocycles. The molecule has 1 aromatic carbocycles. The van der Waals surface area contributed by atoms with Gasteiger partial charge in [-0.3, -0.25) is 9.69 Å². The lowest BCUT2D eigenvalue weighted by atomic mass is 10.2. The zero-order valence-electron chi connectivity index (χ0n) is 15.3. The zero-order chi connectivity index (χ0) is 19.8. The molecule has 1 heterocycles. The molecule has 0 atom stereocenters. The Morgan fingerprint density at radius 3 is 2.63 bits per heavy atom. The molecule has 27 heavy (non-hydrogen) atoms. The van der Waals surface area contributed by atoms with Crippen LogP contribution in [0.4, 0.5) is 10.5 Å². The van der Waals surface area contributed by atoms with Crippen molar-refractivity contribution < 1.29 is 9.53 Å². The van der Waals surface area contributed by atoms with E-state index < -0.39 is 6.09 Å². The van der Waals surface area contributed by atoms with E-state index in [1.807, 2.05) is 43.4 Å². The maximum Gasteiger partial charge on any atom is 0.419 e. The van der Waals surface area contributed by atoms with Crippen molar-refractivity contribution in [1.82, 2.24) is 4.57 Å². The number of anilines is 1. The average Bonchev–Trinajstić information content (AvgIpc) is 2.70. The lowest BCUT2D eigenvalue weighted by molar-refractivity contribution is 0.208. The highest BCUT2D eigenvalue weighted by Gasteiger charge is 2.17. The van der Waals surface area contributed by atoms with Gasteiger partial charge in [0.05, 0.1) is 6.54 Å². The van der Waals surface area contributed by atoms with Crippen LogP contribution in [0, 0.1) is 0 Å². The van der Waals surface area contributed by atoms with Crippen molar-refractivity contribution >= 4 is 27.7 Å². The first-order chi connectivity index (χ1) is 13.0. The Hall–Kier alpha value is -2.86. The van der Waals surface area contributed by atoms with Crippen molar-refractivity contribution in [3.8, 4) is 5.75 Å². The van der Waals surface area contributed by atoms with E-state index in [0.29, 0.717) is 12.2 Å². The molecule has 6 heteroatoms. The second-order valence-electron chi connectivity index (χ2n) is 5.65. The van der Waals surface area contributed by atoms with Crippen molar-refractivity contribution in [3.63, 3.8) is 0 Å². The van der Waals surface area contributed by atoms with Crippen molar-refractivity contribution in [3.05, 3.63) is 93.9 Å². The average molecular weight is 429 g/mol. The third kappa shape index (κ3) is 5.31. The number of carbonyl (C=O) groups is 1. The molecule has 0 radical (unpaired) electrons. The Labute approximate surface area is 167 Å². The third-order valence-corrected chi connectivity index (χ3v) is 4.59. The van der Waals surface area contributed by atoms with Gasteiger partial charge in [0.2, 0.25) is 0 Å². The molecule has 0 fully saturated rings. The van der Waals surface area contributed by atoms with Gasteiger partial charge in [0.25, 0.3) is 5.56 Å². The second-order valence-corrected chi connectivity index (χ2v) is 6.44. The van der Waals surface area contributed by atoms with Gasteiger partial charge in [0, 0.05) is 18.9 Å². The Morgan fingerprint density at radius 1 is 1.30 bits per heavy atom. The summed E-state index contributed by atoms with van der Waals surface area (Å²) in [6.07, 6.45) is 8.31. The summed E-state index contributed by atoms with van der Waals surface area (Å²) in [6.45, 7) is 5.94. The predicted molar refractivity (Wildman–Crippen MR) is 112 cm³/mol. The van der Waals surface area contributed by atoms with Crippen molar-refractivity contribution in [2.45, 2.75) is 13.5 Å². The number of para-hydroxylation sites is 1. The van der Waals surface area contributed by atoms with E-state index in [0.717, 1.165) is 5.57 Å². The van der Waals surface area contributed by atoms with E-state index in [1.165, 1.54) is 9.47 Å². The molecule has 0 aliphatic rings. The first-order valence-corrected chi connectivity index (χ1v) is 9.11. The number of halogens is 1. The highest BCUT2D eigenvalue weighted by atomic mass is 79.9. The molecule has 0 unspecified atom stereocenters. The molecule has 1 aromatic heterocycles. The number of benzene rings is 1. The molecule has 5 nitrogen and oxygen atoms in total. The van der Waals surface area contributed by atoms with Crippen LogP contribution in [0.1, 0.15) is 6.92 Å². The van der Waals surface area contributed by atoms with Crippen LogP contribution in [0.2, 0.25) is 0 Å². The van der Waals surface area contributed by atoms with Crippen LogP contribution in [0.5, 0.6) is 5.75 Å². The van der Waals surface area contributed by atoms with Crippen LogP contribution in [0.25, 0.3) is 0 Å². The van der Waals surface area contributed by atoms with Crippen LogP contribution >= 0.6 is 15.9 Å². The summed E-state index contributed by atoms with van der Waals surface area (Å²) in [5, 5.41) is 0. The van der Waals surface area contributed by atoms with Crippen LogP contribution in [0.15, 0.2) is 88.3 Å². The molecule has 140 valence electrons. The van der Waals surface area contributed by atoms with Gasteiger partial charge in [-0.25, -0.2) is 4.79 Å². The SMILES string of the molecule is C=C/C=C\C(=C/C)Cn1ccc(OC(=O)N(C)c2ccccc2)c(Br)c1=O. The number of carbonyl (C=O) groups excluding carboxylic acids is 1. The van der Waals surface area contributed by atoms with Gasteiger partial charge in [-0.2, -0.15) is 0 Å². The lowest BCUT2D eigenvalue weighted by Gasteiger charge is -2.17. The van der Waals surface area contributed by atoms with E-state index in [-0.39, 0.29) is 15.8 Å². The maximum absolute atomic E-state index is 12.6. The van der Waals surface area contributed by atoms with Gasteiger partial charge < -0.3 is 9.30 Å². The van der Waals surface area contributed by atoms with E-state index in [9.17, 15) is 9.59 Å². The fourth-order valence-corrected chi connectivity index (χ4v) is 2.72. The highest BCUT2D eigenvalue weighted by molar-refractivity contribution is 9.10. The normalized spacial score (nSPS) is 11.4. The van der Waals surface area contributed by atoms with E-state index in [4.69, 9.17) is 4.74 Å². The molecule has 1 amide bonds. The molecule has 0 bridgehead atoms. The van der Waals surface area contributed by atoms with E-state index >= 15 is 0 Å². The summed E-state index contributed by atoms with van der Waals surface area (Å²) in [4.78, 5) is 26.3. The minimum Gasteiger partial charge on any atom is -0.408 e. The monoisotopic (exact) mass is 428 g/mol. The van der Waals surface area contributed by atoms with Crippen molar-refractivity contribution in [2.24, 2.45) is 0 Å². The van der Waals surface area contributed by atoms with Gasteiger partial charge in [-0.05, 0) is 46.6 Å². The summed E-state index contributed by atoms with van der Waals surface area (Å²) < 4.78 is 7.11. The molecule has 0 aliphatic heterocycles. The fraction of sp³-hybridized carbons (Fsp3) is 0.143. The van der Waals surface area contributed by atoms with Gasteiger partial charge in [-0.15, -0.1) is 0 Å². The molecular formula is C21H21BrN2O3. The van der Waals surface area contributed by atoms with Gasteiger partial charge in [0.1, 0.15) is 4.47 Å². The summed E-state index contributed by atoms with van der Waals surface area (Å²) in [7, 11) is 1.61. The number of ether oxygens (including phenoxy) is 1. The lowest BCUT2D eigenvalue weighted by Crippen LogP contribution is -2.30. The number of pyridine rings is 1. The highest BCUT2D eigenvalue weighted by Crippen LogP contribution is 2.22. The van der Waals surface area contributed by atoms with E-state index in [1.54, 1.807) is 37.5 Å². The van der Waals surface area contributed by atoms with E-state index in [2.05, 4.69) is 22.5 Å². The Morgan fingerprint density at radius 2 is 2.00 bits per heavy atom. The quantitative estimate of drug-likeness (QED) is 0.612. The zero-order valence-corrected chi connectivity index (χ0v) is 16.8. The number of allylic oxidation sites excluding steroid dienone is 5. The summed E-state index contributed by atoms with van der Waals surface area (Å²) in [6, 6.07) is 10.7. The number of amides is 1. The molecule has 2 aromatic rings. The molecule has 2 rings (SSSR count). The second kappa shape index (κ2) is 9.73.